The highest BCUT2D eigenvalue weighted by Gasteiger charge is 2.25. The maximum absolute atomic E-state index is 13.0. The van der Waals surface area contributed by atoms with Crippen molar-refractivity contribution in [3.05, 3.63) is 88.1 Å². The van der Waals surface area contributed by atoms with Crippen molar-refractivity contribution in [3.8, 4) is 5.69 Å². The molecule has 0 aliphatic carbocycles. The third-order valence-electron chi connectivity index (χ3n) is 6.12. The minimum Gasteiger partial charge on any atom is -0.352 e. The number of likely N-dealkylation sites (tertiary alicyclic amines) is 1. The molecule has 0 spiro atoms. The number of imidazole rings is 1. The monoisotopic (exact) mass is 446 g/mol. The molecule has 0 radical (unpaired) electrons. The minimum atomic E-state index is -0.204. The van der Waals surface area contributed by atoms with Crippen LogP contribution in [0.3, 0.4) is 0 Å². The Balaban J connectivity index is 1.30. The van der Waals surface area contributed by atoms with Gasteiger partial charge in [0.05, 0.1) is 5.69 Å². The normalized spacial score (nSPS) is 15.9. The zero-order valence-corrected chi connectivity index (χ0v) is 18.9. The van der Waals surface area contributed by atoms with Crippen molar-refractivity contribution in [2.24, 2.45) is 0 Å². The lowest BCUT2D eigenvalue weighted by Crippen LogP contribution is -2.49. The Morgan fingerprint density at radius 1 is 1.09 bits per heavy atom. The Bertz CT molecular complexity index is 1150. The van der Waals surface area contributed by atoms with Crippen molar-refractivity contribution in [2.45, 2.75) is 45.1 Å². The highest BCUT2D eigenvalue weighted by molar-refractivity contribution is 5.94. The summed E-state index contributed by atoms with van der Waals surface area (Å²) in [6.07, 6.45) is 5.57. The fourth-order valence-electron chi connectivity index (χ4n) is 4.39. The number of carbonyl (C=O) groups is 2. The number of aromatic amines is 1. The third-order valence-corrected chi connectivity index (χ3v) is 6.12. The van der Waals surface area contributed by atoms with Gasteiger partial charge in [-0.3, -0.25) is 14.2 Å². The van der Waals surface area contributed by atoms with Crippen LogP contribution in [0.25, 0.3) is 5.69 Å². The molecule has 7 heteroatoms. The number of nitrogens with zero attached hydrogens (tertiary/aromatic N) is 2. The second-order valence-electron chi connectivity index (χ2n) is 8.61. The second-order valence-corrected chi connectivity index (χ2v) is 8.61. The lowest BCUT2D eigenvalue weighted by Gasteiger charge is -2.33. The molecule has 172 valence electrons. The molecule has 7 nitrogen and oxygen atoms in total. The first kappa shape index (κ1) is 22.6. The Kier molecular flexibility index (Phi) is 7.07. The summed E-state index contributed by atoms with van der Waals surface area (Å²) in [6, 6.07) is 17.2. The smallest absolute Gasteiger partial charge is 0.330 e. The number of hydrogen-bond donors (Lipinski definition) is 2. The van der Waals surface area contributed by atoms with Crippen molar-refractivity contribution in [1.29, 1.82) is 0 Å². The predicted octanol–water partition coefficient (Wildman–Crippen LogP) is 3.22. The third kappa shape index (κ3) is 5.61. The zero-order chi connectivity index (χ0) is 23.2. The summed E-state index contributed by atoms with van der Waals surface area (Å²) in [4.78, 5) is 41.9. The second kappa shape index (κ2) is 10.3. The number of amides is 2. The lowest BCUT2D eigenvalue weighted by molar-refractivity contribution is -0.122. The Hall–Kier alpha value is -3.61. The topological polar surface area (TPSA) is 87.2 Å². The molecule has 3 aromatic rings. The molecule has 1 unspecified atom stereocenters. The Morgan fingerprint density at radius 3 is 2.55 bits per heavy atom. The summed E-state index contributed by atoms with van der Waals surface area (Å²) in [5.41, 5.74) is 3.13. The van der Waals surface area contributed by atoms with Crippen LogP contribution in [0, 0.1) is 6.92 Å². The first-order valence-electron chi connectivity index (χ1n) is 11.5. The molecule has 1 aliphatic heterocycles. The van der Waals surface area contributed by atoms with Gasteiger partial charge >= 0.3 is 5.69 Å². The van der Waals surface area contributed by atoms with E-state index in [0.717, 1.165) is 37.1 Å². The number of aryl methyl sites for hydroxylation is 2. The molecule has 2 heterocycles. The predicted molar refractivity (Wildman–Crippen MR) is 128 cm³/mol. The fraction of sp³-hybridized carbons (Fsp3) is 0.346. The van der Waals surface area contributed by atoms with Crippen molar-refractivity contribution < 1.29 is 9.59 Å². The molecule has 2 N–H and O–H groups in total. The van der Waals surface area contributed by atoms with Crippen molar-refractivity contribution in [1.82, 2.24) is 19.8 Å². The van der Waals surface area contributed by atoms with Gasteiger partial charge in [-0.25, -0.2) is 4.79 Å². The van der Waals surface area contributed by atoms with Gasteiger partial charge in [0.1, 0.15) is 0 Å². The van der Waals surface area contributed by atoms with E-state index in [4.69, 9.17) is 0 Å². The van der Waals surface area contributed by atoms with E-state index in [2.05, 4.69) is 22.4 Å². The fourth-order valence-corrected chi connectivity index (χ4v) is 4.39. The molecule has 1 aliphatic rings. The van der Waals surface area contributed by atoms with Crippen LogP contribution >= 0.6 is 0 Å². The van der Waals surface area contributed by atoms with Crippen molar-refractivity contribution >= 4 is 11.8 Å². The van der Waals surface area contributed by atoms with Gasteiger partial charge in [0.15, 0.2) is 0 Å². The van der Waals surface area contributed by atoms with E-state index in [1.165, 1.54) is 5.56 Å². The number of rotatable bonds is 7. The van der Waals surface area contributed by atoms with Crippen molar-refractivity contribution in [2.75, 3.05) is 13.1 Å². The van der Waals surface area contributed by atoms with Crippen LogP contribution in [0.4, 0.5) is 0 Å². The van der Waals surface area contributed by atoms with Crippen LogP contribution in [-0.4, -0.2) is 45.4 Å². The maximum Gasteiger partial charge on any atom is 0.330 e. The van der Waals surface area contributed by atoms with E-state index in [-0.39, 0.29) is 23.5 Å². The van der Waals surface area contributed by atoms with E-state index < -0.39 is 0 Å². The largest absolute Gasteiger partial charge is 0.352 e. The summed E-state index contributed by atoms with van der Waals surface area (Å²) in [6.45, 7) is 3.04. The van der Waals surface area contributed by atoms with Crippen LogP contribution < -0.4 is 11.0 Å². The molecule has 1 atom stereocenters. The summed E-state index contributed by atoms with van der Waals surface area (Å²) >= 11 is 0. The quantitative estimate of drug-likeness (QED) is 0.584. The molecule has 33 heavy (non-hydrogen) atoms. The van der Waals surface area contributed by atoms with E-state index in [9.17, 15) is 14.4 Å². The molecular weight excluding hydrogens is 416 g/mol. The van der Waals surface area contributed by atoms with Gasteiger partial charge in [0.25, 0.3) is 5.91 Å². The maximum atomic E-state index is 13.0. The van der Waals surface area contributed by atoms with Crippen LogP contribution in [0.5, 0.6) is 0 Å². The Morgan fingerprint density at radius 2 is 1.85 bits per heavy atom. The van der Waals surface area contributed by atoms with Crippen LogP contribution in [0.15, 0.2) is 65.6 Å². The van der Waals surface area contributed by atoms with Gasteiger partial charge in [-0.1, -0.05) is 30.3 Å². The molecule has 2 aromatic carbocycles. The average molecular weight is 447 g/mol. The summed E-state index contributed by atoms with van der Waals surface area (Å²) in [7, 11) is 0. The van der Waals surface area contributed by atoms with Gasteiger partial charge in [0.2, 0.25) is 5.91 Å². The van der Waals surface area contributed by atoms with Crippen LogP contribution in [0.1, 0.15) is 47.3 Å². The number of benzene rings is 2. The van der Waals surface area contributed by atoms with E-state index in [1.54, 1.807) is 39.9 Å². The van der Waals surface area contributed by atoms with Gasteiger partial charge in [-0.15, -0.1) is 0 Å². The van der Waals surface area contributed by atoms with Crippen LogP contribution in [0.2, 0.25) is 0 Å². The minimum absolute atomic E-state index is 0.0210. The van der Waals surface area contributed by atoms with E-state index in [1.807, 2.05) is 25.1 Å². The average Bonchev–Trinajstić information content (AvgIpc) is 3.17. The van der Waals surface area contributed by atoms with E-state index in [0.29, 0.717) is 25.1 Å². The van der Waals surface area contributed by atoms with Crippen LogP contribution in [-0.2, 0) is 11.2 Å². The lowest BCUT2D eigenvalue weighted by atomic mass is 10.0. The van der Waals surface area contributed by atoms with Gasteiger partial charge in [-0.05, 0) is 62.4 Å². The molecule has 0 saturated carbocycles. The molecule has 0 bridgehead atoms. The summed E-state index contributed by atoms with van der Waals surface area (Å²) in [5.74, 6) is -0.00962. The number of aromatic nitrogens is 2. The number of nitrogens with one attached hydrogen (secondary N) is 2. The molecule has 4 rings (SSSR count). The van der Waals surface area contributed by atoms with Gasteiger partial charge in [-0.2, -0.15) is 0 Å². The van der Waals surface area contributed by atoms with Crippen molar-refractivity contribution in [3.63, 3.8) is 0 Å². The highest BCUT2D eigenvalue weighted by Crippen LogP contribution is 2.16. The molecule has 1 saturated heterocycles. The molecule has 1 aromatic heterocycles. The first-order valence-corrected chi connectivity index (χ1v) is 11.5. The highest BCUT2D eigenvalue weighted by atomic mass is 16.2. The molecule has 2 amide bonds. The summed E-state index contributed by atoms with van der Waals surface area (Å²) in [5, 5.41) is 3.11. The number of H-pyrrole nitrogens is 1. The summed E-state index contributed by atoms with van der Waals surface area (Å²) < 4.78 is 1.57. The zero-order valence-electron chi connectivity index (χ0n) is 18.9. The first-order chi connectivity index (χ1) is 16.0. The number of carbonyl (C=O) groups excluding carboxylic acids is 2. The molecular formula is C26H30N4O3. The van der Waals surface area contributed by atoms with Gasteiger partial charge < -0.3 is 15.2 Å². The number of piperidine rings is 1. The SMILES string of the molecule is Cc1c[nH]c(=O)n1-c1ccc(C(=O)N2CCCC(NC(=O)CCCc3ccccc3)C2)cc1. The molecule has 1 fully saturated rings. The van der Waals surface area contributed by atoms with Gasteiger partial charge in [0, 0.05) is 43.0 Å². The standard InChI is InChI=1S/C26H30N4O3/c1-19-17-27-26(33)30(19)23-14-12-21(13-15-23)25(32)29-16-6-10-22(18-29)28-24(31)11-5-9-20-7-3-2-4-8-20/h2-4,7-8,12-15,17,22H,5-6,9-11,16,18H2,1H3,(H,27,33)(H,28,31). The Labute approximate surface area is 193 Å². The number of hydrogen-bond acceptors (Lipinski definition) is 3. The van der Waals surface area contributed by atoms with E-state index >= 15 is 0 Å².